The van der Waals surface area contributed by atoms with Crippen molar-refractivity contribution in [1.82, 2.24) is 9.78 Å². The number of pyridine rings is 1. The van der Waals surface area contributed by atoms with E-state index in [2.05, 4.69) is 12.0 Å². The molecule has 0 bridgehead atoms. The highest BCUT2D eigenvalue weighted by Gasteiger charge is 2.12. The van der Waals surface area contributed by atoms with E-state index >= 15 is 0 Å². The highest BCUT2D eigenvalue weighted by atomic mass is 16.5. The van der Waals surface area contributed by atoms with Gasteiger partial charge in [-0.2, -0.15) is 9.83 Å². The molecule has 2 heterocycles. The van der Waals surface area contributed by atoms with Crippen molar-refractivity contribution in [2.24, 2.45) is 0 Å². The number of benzene rings is 1. The van der Waals surface area contributed by atoms with Gasteiger partial charge in [-0.15, -0.1) is 0 Å². The summed E-state index contributed by atoms with van der Waals surface area (Å²) in [6, 6.07) is 11.9. The number of aryl methyl sites for hydroxylation is 1. The Balaban J connectivity index is 2.11. The Morgan fingerprint density at radius 1 is 1.25 bits per heavy atom. The molecule has 0 saturated heterocycles. The van der Waals surface area contributed by atoms with Gasteiger partial charge in [0, 0.05) is 12.5 Å². The molecule has 0 aliphatic rings. The predicted molar refractivity (Wildman–Crippen MR) is 78.6 cm³/mol. The van der Waals surface area contributed by atoms with E-state index in [-0.39, 0.29) is 0 Å². The van der Waals surface area contributed by atoms with Crippen molar-refractivity contribution in [2.75, 3.05) is 0 Å². The van der Waals surface area contributed by atoms with Gasteiger partial charge in [0.25, 0.3) is 0 Å². The van der Waals surface area contributed by atoms with Crippen LogP contribution in [0.5, 0.6) is 0 Å². The molecule has 0 spiro atoms. The first-order chi connectivity index (χ1) is 9.79. The van der Waals surface area contributed by atoms with E-state index in [1.54, 1.807) is 12.4 Å². The number of hydrogen-bond acceptors (Lipinski definition) is 2. The summed E-state index contributed by atoms with van der Waals surface area (Å²) < 4.78 is 2.85. The Morgan fingerprint density at radius 2 is 2.05 bits per heavy atom. The van der Waals surface area contributed by atoms with Crippen LogP contribution in [-0.2, 0) is 6.42 Å². The molecule has 4 nitrogen and oxygen atoms in total. The van der Waals surface area contributed by atoms with Crippen molar-refractivity contribution in [2.45, 2.75) is 26.2 Å². The average molecular weight is 267 g/mol. The van der Waals surface area contributed by atoms with Crippen LogP contribution in [0.25, 0.3) is 16.6 Å². The van der Waals surface area contributed by atoms with Gasteiger partial charge in [-0.3, -0.25) is 0 Å². The minimum Gasteiger partial charge on any atom is -0.618 e. The Hall–Kier alpha value is -2.36. The summed E-state index contributed by atoms with van der Waals surface area (Å²) in [6.45, 7) is 2.13. The van der Waals surface area contributed by atoms with Crippen molar-refractivity contribution in [1.29, 1.82) is 0 Å². The molecule has 4 heteroatoms. The fourth-order valence-corrected chi connectivity index (χ4v) is 2.36. The molecule has 3 rings (SSSR count). The monoisotopic (exact) mass is 267 g/mol. The lowest BCUT2D eigenvalue weighted by atomic mass is 10.1. The fourth-order valence-electron chi connectivity index (χ4n) is 2.36. The maximum atomic E-state index is 12.0. The van der Waals surface area contributed by atoms with Crippen LogP contribution in [0.4, 0.5) is 0 Å². The summed E-state index contributed by atoms with van der Waals surface area (Å²) in [6.07, 6.45) is 6.26. The molecule has 20 heavy (non-hydrogen) atoms. The average Bonchev–Trinajstić information content (AvgIpc) is 2.88. The zero-order chi connectivity index (χ0) is 13.9. The smallest absolute Gasteiger partial charge is 0.194 e. The summed E-state index contributed by atoms with van der Waals surface area (Å²) in [5.74, 6) is 0. The topological polar surface area (TPSA) is 44.8 Å². The lowest BCUT2D eigenvalue weighted by Crippen LogP contribution is -2.31. The minimum atomic E-state index is 0.801. The number of para-hydroxylation sites is 1. The van der Waals surface area contributed by atoms with E-state index in [0.29, 0.717) is 0 Å². The number of fused-ring (bicyclic) bond motifs is 1. The van der Waals surface area contributed by atoms with Crippen LogP contribution < -0.4 is 4.73 Å². The zero-order valence-corrected chi connectivity index (χ0v) is 11.5. The molecule has 0 radical (unpaired) electrons. The zero-order valence-electron chi connectivity index (χ0n) is 11.5. The second kappa shape index (κ2) is 5.33. The lowest BCUT2D eigenvalue weighted by molar-refractivity contribution is -0.612. The van der Waals surface area contributed by atoms with Crippen LogP contribution in [0, 0.1) is 5.21 Å². The molecule has 0 fully saturated rings. The minimum absolute atomic E-state index is 0.801. The third-order valence-electron chi connectivity index (χ3n) is 3.47. The molecule has 0 N–H and O–H groups in total. The Morgan fingerprint density at radius 3 is 2.80 bits per heavy atom. The lowest BCUT2D eigenvalue weighted by Gasteiger charge is -2.06. The van der Waals surface area contributed by atoms with Gasteiger partial charge in [0.1, 0.15) is 0 Å². The van der Waals surface area contributed by atoms with Gasteiger partial charge in [-0.25, -0.2) is 4.68 Å². The van der Waals surface area contributed by atoms with Gasteiger partial charge in [-0.05, 0) is 18.6 Å². The van der Waals surface area contributed by atoms with Crippen LogP contribution in [0.15, 0.2) is 48.8 Å². The fraction of sp³-hybridized carbons (Fsp3) is 0.250. The summed E-state index contributed by atoms with van der Waals surface area (Å²) in [7, 11) is 0. The van der Waals surface area contributed by atoms with E-state index in [1.165, 1.54) is 0 Å². The van der Waals surface area contributed by atoms with Crippen LogP contribution >= 0.6 is 0 Å². The summed E-state index contributed by atoms with van der Waals surface area (Å²) in [5, 5.41) is 17.2. The maximum Gasteiger partial charge on any atom is 0.194 e. The molecule has 0 saturated carbocycles. The first kappa shape index (κ1) is 12.7. The summed E-state index contributed by atoms with van der Waals surface area (Å²) in [4.78, 5) is 0. The molecule has 0 amide bonds. The van der Waals surface area contributed by atoms with E-state index in [4.69, 9.17) is 0 Å². The highest BCUT2D eigenvalue weighted by Crippen LogP contribution is 2.18. The molecule has 2 aromatic heterocycles. The molecular formula is C16H17N3O. The van der Waals surface area contributed by atoms with Gasteiger partial charge < -0.3 is 5.21 Å². The maximum absolute atomic E-state index is 12.0. The molecule has 0 aliphatic carbocycles. The van der Waals surface area contributed by atoms with Gasteiger partial charge in [0.2, 0.25) is 0 Å². The van der Waals surface area contributed by atoms with E-state index < -0.39 is 0 Å². The first-order valence-electron chi connectivity index (χ1n) is 6.95. The molecule has 102 valence electrons. The van der Waals surface area contributed by atoms with Crippen LogP contribution in [0.3, 0.4) is 0 Å². The Kier molecular flexibility index (Phi) is 3.37. The second-order valence-corrected chi connectivity index (χ2v) is 4.93. The third kappa shape index (κ3) is 2.25. The number of hydrogen-bond donors (Lipinski definition) is 0. The molecule has 0 aliphatic heterocycles. The van der Waals surface area contributed by atoms with Crippen LogP contribution in [0.2, 0.25) is 0 Å². The third-order valence-corrected chi connectivity index (χ3v) is 3.47. The van der Waals surface area contributed by atoms with Gasteiger partial charge in [0.15, 0.2) is 11.9 Å². The van der Waals surface area contributed by atoms with Crippen LogP contribution in [0.1, 0.15) is 25.5 Å². The molecule has 3 aromatic rings. The number of nitrogens with zero attached hydrogens (tertiary/aromatic N) is 3. The number of aromatic nitrogens is 3. The van der Waals surface area contributed by atoms with Gasteiger partial charge in [0.05, 0.1) is 22.8 Å². The quantitative estimate of drug-likeness (QED) is 0.539. The predicted octanol–water partition coefficient (Wildman–Crippen LogP) is 3.00. The molecule has 0 atom stereocenters. The van der Waals surface area contributed by atoms with Crippen molar-refractivity contribution in [3.8, 4) is 5.69 Å². The van der Waals surface area contributed by atoms with Gasteiger partial charge in [-0.1, -0.05) is 31.5 Å². The van der Waals surface area contributed by atoms with E-state index in [1.807, 2.05) is 41.1 Å². The molecular weight excluding hydrogens is 250 g/mol. The van der Waals surface area contributed by atoms with Crippen LogP contribution in [-0.4, -0.2) is 9.78 Å². The second-order valence-electron chi connectivity index (χ2n) is 4.93. The van der Waals surface area contributed by atoms with Crippen molar-refractivity contribution >= 4 is 10.9 Å². The standard InChI is InChI=1S/C16H17N3O/c1-2-3-7-15-10-16-13(12-18(15)20)11-17-19(16)14-8-5-4-6-9-14/h4-6,8-12H,2-3,7H2,1H3. The number of unbranched alkanes of at least 4 members (excludes halogenated alkanes) is 1. The Bertz CT molecular complexity index is 719. The number of rotatable bonds is 4. The molecule has 1 aromatic carbocycles. The van der Waals surface area contributed by atoms with E-state index in [9.17, 15) is 5.21 Å². The summed E-state index contributed by atoms with van der Waals surface area (Å²) in [5.41, 5.74) is 2.79. The normalized spacial score (nSPS) is 11.1. The largest absolute Gasteiger partial charge is 0.618 e. The Labute approximate surface area is 117 Å². The van der Waals surface area contributed by atoms with Crippen molar-refractivity contribution in [3.05, 3.63) is 59.7 Å². The molecule has 0 unspecified atom stereocenters. The summed E-state index contributed by atoms with van der Waals surface area (Å²) >= 11 is 0. The van der Waals surface area contributed by atoms with Crippen molar-refractivity contribution in [3.63, 3.8) is 0 Å². The van der Waals surface area contributed by atoms with E-state index in [0.717, 1.165) is 46.3 Å². The van der Waals surface area contributed by atoms with Crippen molar-refractivity contribution < 1.29 is 4.73 Å². The SMILES string of the molecule is CCCCc1cc2c(cnn2-c2ccccc2)c[n+]1[O-]. The highest BCUT2D eigenvalue weighted by molar-refractivity contribution is 5.78. The first-order valence-corrected chi connectivity index (χ1v) is 6.95. The van der Waals surface area contributed by atoms with Gasteiger partial charge >= 0.3 is 0 Å².